The maximum absolute atomic E-state index is 13.6. The Kier molecular flexibility index (Phi) is 8.83. The van der Waals surface area contributed by atoms with Gasteiger partial charge in [0.15, 0.2) is 5.75 Å². The number of benzene rings is 2. The van der Waals surface area contributed by atoms with Crippen molar-refractivity contribution >= 4 is 39.2 Å². The van der Waals surface area contributed by atoms with Crippen molar-refractivity contribution < 1.29 is 17.9 Å². The molecule has 3 heterocycles. The highest BCUT2D eigenvalue weighted by Crippen LogP contribution is 2.39. The van der Waals surface area contributed by atoms with E-state index in [-0.39, 0.29) is 34.7 Å². The Labute approximate surface area is 260 Å². The average molecular weight is 625 g/mol. The van der Waals surface area contributed by atoms with Gasteiger partial charge in [-0.2, -0.15) is 5.10 Å². The first-order chi connectivity index (χ1) is 20.7. The molecule has 0 spiro atoms. The minimum atomic E-state index is -3.59. The van der Waals surface area contributed by atoms with E-state index in [4.69, 9.17) is 9.84 Å². The third-order valence-corrected chi connectivity index (χ3v) is 8.95. The van der Waals surface area contributed by atoms with Crippen molar-refractivity contribution in [3.63, 3.8) is 0 Å². The van der Waals surface area contributed by atoms with E-state index in [1.165, 1.54) is 7.11 Å². The number of piperidine rings is 1. The van der Waals surface area contributed by atoms with E-state index < -0.39 is 10.0 Å². The number of hydrazine groups is 2. The summed E-state index contributed by atoms with van der Waals surface area (Å²) in [5, 5.41) is 15.3. The lowest BCUT2D eigenvalue weighted by Gasteiger charge is -2.35. The first-order valence-corrected chi connectivity index (χ1v) is 16.8. The van der Waals surface area contributed by atoms with Crippen LogP contribution in [0.2, 0.25) is 0 Å². The average Bonchev–Trinajstić information content (AvgIpc) is 3.59. The van der Waals surface area contributed by atoms with E-state index in [2.05, 4.69) is 38.2 Å². The predicted octanol–water partition coefficient (Wildman–Crippen LogP) is 3.65. The molecule has 5 N–H and O–H groups in total. The Morgan fingerprint density at radius 3 is 2.48 bits per heavy atom. The van der Waals surface area contributed by atoms with E-state index in [0.29, 0.717) is 17.3 Å². The fraction of sp³-hybridized carbons (Fsp3) is 0.484. The van der Waals surface area contributed by atoms with Gasteiger partial charge in [0.05, 0.1) is 48.1 Å². The van der Waals surface area contributed by atoms with Gasteiger partial charge in [0.25, 0.3) is 5.91 Å². The monoisotopic (exact) mass is 624 g/mol. The van der Waals surface area contributed by atoms with Crippen molar-refractivity contribution in [1.29, 1.82) is 0 Å². The normalized spacial score (nSPS) is 20.8. The number of sulfonamides is 1. The molecule has 3 aliphatic rings. The lowest BCUT2D eigenvalue weighted by molar-refractivity contribution is 0.102. The molecule has 0 bridgehead atoms. The third kappa shape index (κ3) is 6.79. The molecular weight excluding hydrogens is 580 g/mol. The summed E-state index contributed by atoms with van der Waals surface area (Å²) in [5.41, 5.74) is 10.9. The van der Waals surface area contributed by atoms with Crippen molar-refractivity contribution in [3.05, 3.63) is 58.9 Å². The van der Waals surface area contributed by atoms with E-state index in [1.807, 2.05) is 63.3 Å². The maximum atomic E-state index is 13.6. The Morgan fingerprint density at radius 2 is 1.82 bits per heavy atom. The van der Waals surface area contributed by atoms with Crippen molar-refractivity contribution in [2.75, 3.05) is 41.5 Å². The number of ether oxygens (including phenoxy) is 1. The molecule has 12 nitrogen and oxygen atoms in total. The second-order valence-corrected chi connectivity index (χ2v) is 14.5. The first-order valence-electron chi connectivity index (χ1n) is 14.9. The number of carbonyl (C=O) groups is 1. The molecule has 1 fully saturated rings. The maximum Gasteiger partial charge on any atom is 0.255 e. The minimum absolute atomic E-state index is 0.103. The molecule has 238 valence electrons. The van der Waals surface area contributed by atoms with Crippen LogP contribution in [0, 0.1) is 12.8 Å². The summed E-state index contributed by atoms with van der Waals surface area (Å²) < 4.78 is 32.3. The van der Waals surface area contributed by atoms with Crippen LogP contribution < -0.4 is 36.1 Å². The van der Waals surface area contributed by atoms with Gasteiger partial charge in [0.1, 0.15) is 0 Å². The second-order valence-electron chi connectivity index (χ2n) is 12.8. The molecule has 0 aliphatic carbocycles. The molecule has 3 aliphatic heterocycles. The highest BCUT2D eigenvalue weighted by Gasteiger charge is 2.36. The largest absolute Gasteiger partial charge is 0.492 e. The van der Waals surface area contributed by atoms with Crippen molar-refractivity contribution in [2.24, 2.45) is 11.0 Å². The van der Waals surface area contributed by atoms with Crippen molar-refractivity contribution in [3.8, 4) is 5.75 Å². The van der Waals surface area contributed by atoms with Gasteiger partial charge in [0, 0.05) is 24.0 Å². The van der Waals surface area contributed by atoms with Crippen LogP contribution in [0.5, 0.6) is 5.75 Å². The zero-order chi connectivity index (χ0) is 31.8. The number of anilines is 3. The predicted molar refractivity (Wildman–Crippen MR) is 175 cm³/mol. The Morgan fingerprint density at radius 1 is 1.11 bits per heavy atom. The second kappa shape index (κ2) is 12.3. The number of carbonyl (C=O) groups excluding carboxylic acids is 1. The van der Waals surface area contributed by atoms with Crippen LogP contribution in [0.1, 0.15) is 62.0 Å². The lowest BCUT2D eigenvalue weighted by atomic mass is 9.86. The number of amides is 1. The van der Waals surface area contributed by atoms with Crippen molar-refractivity contribution in [2.45, 2.75) is 65.0 Å². The molecule has 1 saturated heterocycles. The summed E-state index contributed by atoms with van der Waals surface area (Å²) in [6, 6.07) is 9.70. The molecule has 0 saturated carbocycles. The summed E-state index contributed by atoms with van der Waals surface area (Å²) in [5.74, 6) is -0.0223. The SMILES string of the molecule is COc1c(NC(=O)c2ccc(C)c(N3C=C(C4C=NN(C5CCNCC5)C4C)NN3)c2)cc(C(C)(C)C)cc1NS(C)(=O)=O. The van der Waals surface area contributed by atoms with E-state index >= 15 is 0 Å². The number of methoxy groups -OCH3 is 1. The minimum Gasteiger partial charge on any atom is -0.492 e. The van der Waals surface area contributed by atoms with Gasteiger partial charge in [0.2, 0.25) is 10.0 Å². The Balaban J connectivity index is 1.38. The van der Waals surface area contributed by atoms with E-state index in [0.717, 1.165) is 54.7 Å². The van der Waals surface area contributed by atoms with Gasteiger partial charge < -0.3 is 20.8 Å². The molecule has 2 aromatic carbocycles. The summed E-state index contributed by atoms with van der Waals surface area (Å²) >= 11 is 0. The number of hydrogen-bond acceptors (Lipinski definition) is 10. The Hall–Kier alpha value is -3.81. The molecule has 44 heavy (non-hydrogen) atoms. The van der Waals surface area contributed by atoms with Crippen LogP contribution in [0.25, 0.3) is 0 Å². The standard InChI is InChI=1S/C31H44N8O4S/c1-19-8-9-21(30(40)34-25-15-22(31(3,4)5)16-26(29(25)43-6)36-44(7,41)42)14-28(19)38-18-27(35-37-38)24-17-33-39(20(24)2)23-10-12-32-13-11-23/h8-9,14-18,20,23-24,32,35-37H,10-13H2,1-7H3,(H,34,40). The molecule has 0 radical (unpaired) electrons. The van der Waals surface area contributed by atoms with Gasteiger partial charge in [-0.1, -0.05) is 26.8 Å². The lowest BCUT2D eigenvalue weighted by Crippen LogP contribution is -2.45. The molecule has 5 rings (SSSR count). The highest BCUT2D eigenvalue weighted by molar-refractivity contribution is 7.92. The molecule has 2 aromatic rings. The topological polar surface area (TPSA) is 139 Å². The van der Waals surface area contributed by atoms with Gasteiger partial charge in [-0.15, -0.1) is 5.53 Å². The van der Waals surface area contributed by atoms with E-state index in [9.17, 15) is 13.2 Å². The number of aryl methyl sites for hydroxylation is 1. The highest BCUT2D eigenvalue weighted by atomic mass is 32.2. The van der Waals surface area contributed by atoms with Gasteiger partial charge in [-0.3, -0.25) is 19.5 Å². The number of rotatable bonds is 8. The fourth-order valence-electron chi connectivity index (χ4n) is 5.86. The van der Waals surface area contributed by atoms with E-state index in [1.54, 1.807) is 12.1 Å². The van der Waals surface area contributed by atoms with Gasteiger partial charge in [-0.25, -0.2) is 8.42 Å². The fourth-order valence-corrected chi connectivity index (χ4v) is 6.41. The zero-order valence-corrected chi connectivity index (χ0v) is 27.3. The van der Waals surface area contributed by atoms with Crippen molar-refractivity contribution in [1.82, 2.24) is 21.3 Å². The van der Waals surface area contributed by atoms with Gasteiger partial charge in [-0.05, 0) is 80.6 Å². The molecule has 0 aromatic heterocycles. The first kappa shape index (κ1) is 31.6. The number of hydrazone groups is 1. The van der Waals surface area contributed by atoms with Crippen LogP contribution in [0.15, 0.2) is 47.3 Å². The molecule has 2 unspecified atom stereocenters. The molecular formula is C31H44N8O4S. The van der Waals surface area contributed by atoms with Crippen LogP contribution >= 0.6 is 0 Å². The summed E-state index contributed by atoms with van der Waals surface area (Å²) in [6.07, 6.45) is 7.28. The summed E-state index contributed by atoms with van der Waals surface area (Å²) in [6.45, 7) is 12.3. The zero-order valence-electron chi connectivity index (χ0n) is 26.5. The quantitative estimate of drug-likeness (QED) is 0.298. The smallest absolute Gasteiger partial charge is 0.255 e. The molecule has 1 amide bonds. The van der Waals surface area contributed by atoms with Crippen LogP contribution in [0.3, 0.4) is 0 Å². The number of nitrogens with one attached hydrogen (secondary N) is 5. The van der Waals surface area contributed by atoms with Crippen LogP contribution in [0.4, 0.5) is 17.1 Å². The number of hydrogen-bond donors (Lipinski definition) is 5. The van der Waals surface area contributed by atoms with Gasteiger partial charge >= 0.3 is 0 Å². The third-order valence-electron chi connectivity index (χ3n) is 8.36. The van der Waals surface area contributed by atoms with Crippen LogP contribution in [-0.2, 0) is 15.4 Å². The molecule has 2 atom stereocenters. The van der Waals surface area contributed by atoms with Crippen LogP contribution in [-0.4, -0.2) is 64.1 Å². The summed E-state index contributed by atoms with van der Waals surface area (Å²) in [4.78, 5) is 13.6. The Bertz CT molecular complexity index is 1580. The molecule has 13 heteroatoms. The summed E-state index contributed by atoms with van der Waals surface area (Å²) in [7, 11) is -2.15. The number of nitrogens with zero attached hydrogens (tertiary/aromatic N) is 3.